The quantitative estimate of drug-likeness (QED) is 0.836. The van der Waals surface area contributed by atoms with Gasteiger partial charge < -0.3 is 15.8 Å². The van der Waals surface area contributed by atoms with Gasteiger partial charge >= 0.3 is 6.18 Å². The molecule has 7 heteroatoms. The fourth-order valence-corrected chi connectivity index (χ4v) is 2.78. The molecule has 0 saturated heterocycles. The van der Waals surface area contributed by atoms with Crippen LogP contribution in [-0.4, -0.2) is 24.2 Å². The smallest absolute Gasteiger partial charge is 0.389 e. The predicted molar refractivity (Wildman–Crippen MR) is 79.4 cm³/mol. The standard InChI is InChI=1S/C14H17F3N2OS/c1-20-10-4-2-8(6-10)19-9-3-5-11(13(18)21)12(7-9)14(15,16)17/h3,5,7-8,10,19H,2,4,6H2,1H3,(H2,18,21). The number of hydrogen-bond acceptors (Lipinski definition) is 3. The maximum atomic E-state index is 13.1. The molecule has 0 radical (unpaired) electrons. The molecule has 2 unspecified atom stereocenters. The average molecular weight is 318 g/mol. The second-order valence-corrected chi connectivity index (χ2v) is 5.57. The second-order valence-electron chi connectivity index (χ2n) is 5.13. The van der Waals surface area contributed by atoms with Crippen molar-refractivity contribution in [3.8, 4) is 0 Å². The lowest BCUT2D eigenvalue weighted by Gasteiger charge is -2.18. The van der Waals surface area contributed by atoms with Crippen LogP contribution in [0.5, 0.6) is 0 Å². The SMILES string of the molecule is COC1CCC(Nc2ccc(C(N)=S)c(C(F)(F)F)c2)C1. The molecular formula is C14H17F3N2OS. The lowest BCUT2D eigenvalue weighted by molar-refractivity contribution is -0.137. The summed E-state index contributed by atoms with van der Waals surface area (Å²) in [6.45, 7) is 0. The van der Waals surface area contributed by atoms with Gasteiger partial charge in [-0.15, -0.1) is 0 Å². The van der Waals surface area contributed by atoms with Crippen LogP contribution < -0.4 is 11.1 Å². The van der Waals surface area contributed by atoms with Crippen LogP contribution in [0.3, 0.4) is 0 Å². The van der Waals surface area contributed by atoms with Crippen LogP contribution in [0.25, 0.3) is 0 Å². The van der Waals surface area contributed by atoms with Crippen molar-refractivity contribution >= 4 is 22.9 Å². The van der Waals surface area contributed by atoms with Crippen molar-refractivity contribution in [3.63, 3.8) is 0 Å². The van der Waals surface area contributed by atoms with Crippen molar-refractivity contribution < 1.29 is 17.9 Å². The molecule has 21 heavy (non-hydrogen) atoms. The zero-order valence-corrected chi connectivity index (χ0v) is 12.4. The van der Waals surface area contributed by atoms with Crippen molar-refractivity contribution in [3.05, 3.63) is 29.3 Å². The molecule has 2 rings (SSSR count). The summed E-state index contributed by atoms with van der Waals surface area (Å²) in [7, 11) is 1.64. The van der Waals surface area contributed by atoms with E-state index in [2.05, 4.69) is 17.5 Å². The Bertz CT molecular complexity index is 533. The summed E-state index contributed by atoms with van der Waals surface area (Å²) in [5.74, 6) is 0. The van der Waals surface area contributed by atoms with E-state index in [-0.39, 0.29) is 22.7 Å². The summed E-state index contributed by atoms with van der Waals surface area (Å²) in [6.07, 6.45) is -1.75. The molecule has 0 aromatic heterocycles. The van der Waals surface area contributed by atoms with E-state index in [0.717, 1.165) is 25.3 Å². The Morgan fingerprint density at radius 2 is 2.10 bits per heavy atom. The molecular weight excluding hydrogens is 301 g/mol. The number of methoxy groups -OCH3 is 1. The highest BCUT2D eigenvalue weighted by atomic mass is 32.1. The van der Waals surface area contributed by atoms with Crippen molar-refractivity contribution in [2.24, 2.45) is 5.73 Å². The number of hydrogen-bond donors (Lipinski definition) is 2. The third-order valence-electron chi connectivity index (χ3n) is 3.68. The predicted octanol–water partition coefficient (Wildman–Crippen LogP) is 3.32. The van der Waals surface area contributed by atoms with E-state index in [4.69, 9.17) is 10.5 Å². The fraction of sp³-hybridized carbons (Fsp3) is 0.500. The highest BCUT2D eigenvalue weighted by Crippen LogP contribution is 2.34. The fourth-order valence-electron chi connectivity index (χ4n) is 2.60. The van der Waals surface area contributed by atoms with Crippen LogP contribution in [0.1, 0.15) is 30.4 Å². The molecule has 0 bridgehead atoms. The van der Waals surface area contributed by atoms with Gasteiger partial charge in [0, 0.05) is 24.4 Å². The number of ether oxygens (including phenoxy) is 1. The largest absolute Gasteiger partial charge is 0.417 e. The van der Waals surface area contributed by atoms with E-state index < -0.39 is 11.7 Å². The van der Waals surface area contributed by atoms with Gasteiger partial charge in [-0.2, -0.15) is 13.2 Å². The molecule has 1 fully saturated rings. The van der Waals surface area contributed by atoms with E-state index >= 15 is 0 Å². The van der Waals surface area contributed by atoms with Crippen LogP contribution in [0, 0.1) is 0 Å². The summed E-state index contributed by atoms with van der Waals surface area (Å²) in [5.41, 5.74) is 4.82. The number of alkyl halides is 3. The third kappa shape index (κ3) is 3.85. The monoisotopic (exact) mass is 318 g/mol. The zero-order valence-electron chi connectivity index (χ0n) is 11.5. The Morgan fingerprint density at radius 1 is 1.38 bits per heavy atom. The number of benzene rings is 1. The Morgan fingerprint density at radius 3 is 2.62 bits per heavy atom. The van der Waals surface area contributed by atoms with Gasteiger partial charge in [-0.25, -0.2) is 0 Å². The van der Waals surface area contributed by atoms with Crippen LogP contribution in [-0.2, 0) is 10.9 Å². The van der Waals surface area contributed by atoms with Crippen molar-refractivity contribution in [2.45, 2.75) is 37.6 Å². The zero-order chi connectivity index (χ0) is 15.6. The van der Waals surface area contributed by atoms with Gasteiger partial charge in [-0.3, -0.25) is 0 Å². The molecule has 1 saturated carbocycles. The van der Waals surface area contributed by atoms with Crippen LogP contribution in [0.4, 0.5) is 18.9 Å². The Labute approximate surface area is 126 Å². The molecule has 0 amide bonds. The average Bonchev–Trinajstić information content (AvgIpc) is 2.85. The molecule has 0 aliphatic heterocycles. The van der Waals surface area contributed by atoms with Gasteiger partial charge in [-0.1, -0.05) is 12.2 Å². The first-order valence-corrected chi connectivity index (χ1v) is 7.02. The highest BCUT2D eigenvalue weighted by Gasteiger charge is 2.34. The summed E-state index contributed by atoms with van der Waals surface area (Å²) in [6, 6.07) is 4.07. The van der Waals surface area contributed by atoms with Crippen molar-refractivity contribution in [1.29, 1.82) is 0 Å². The molecule has 3 nitrogen and oxygen atoms in total. The van der Waals surface area contributed by atoms with Crippen LogP contribution in [0.2, 0.25) is 0 Å². The van der Waals surface area contributed by atoms with Gasteiger partial charge in [0.25, 0.3) is 0 Å². The molecule has 1 aliphatic carbocycles. The Balaban J connectivity index is 2.20. The van der Waals surface area contributed by atoms with E-state index in [0.29, 0.717) is 5.69 Å². The van der Waals surface area contributed by atoms with Crippen molar-refractivity contribution in [1.82, 2.24) is 0 Å². The van der Waals surface area contributed by atoms with Gasteiger partial charge in [-0.05, 0) is 37.5 Å². The van der Waals surface area contributed by atoms with E-state index in [9.17, 15) is 13.2 Å². The number of anilines is 1. The lowest BCUT2D eigenvalue weighted by atomic mass is 10.1. The maximum absolute atomic E-state index is 13.1. The second kappa shape index (κ2) is 6.19. The summed E-state index contributed by atoms with van der Waals surface area (Å²) in [5, 5.41) is 3.12. The summed E-state index contributed by atoms with van der Waals surface area (Å²) < 4.78 is 44.4. The minimum atomic E-state index is -4.48. The normalized spacial score (nSPS) is 22.3. The minimum Gasteiger partial charge on any atom is -0.389 e. The minimum absolute atomic E-state index is 0.117. The van der Waals surface area contributed by atoms with E-state index in [1.807, 2.05) is 0 Å². The lowest BCUT2D eigenvalue weighted by Crippen LogP contribution is -2.20. The van der Waals surface area contributed by atoms with Crippen LogP contribution in [0.15, 0.2) is 18.2 Å². The van der Waals surface area contributed by atoms with E-state index in [1.165, 1.54) is 6.07 Å². The Kier molecular flexibility index (Phi) is 4.73. The molecule has 2 atom stereocenters. The molecule has 1 aromatic carbocycles. The van der Waals surface area contributed by atoms with Gasteiger partial charge in [0.1, 0.15) is 4.99 Å². The molecule has 1 aliphatic rings. The van der Waals surface area contributed by atoms with Crippen LogP contribution >= 0.6 is 12.2 Å². The number of rotatable bonds is 4. The maximum Gasteiger partial charge on any atom is 0.417 e. The molecule has 1 aromatic rings. The molecule has 0 spiro atoms. The number of thiocarbonyl (C=S) groups is 1. The van der Waals surface area contributed by atoms with Gasteiger partial charge in [0.2, 0.25) is 0 Å². The summed E-state index contributed by atoms with van der Waals surface area (Å²) >= 11 is 4.68. The first kappa shape index (κ1) is 16.0. The van der Waals surface area contributed by atoms with E-state index in [1.54, 1.807) is 13.2 Å². The molecule has 116 valence electrons. The molecule has 0 heterocycles. The molecule has 3 N–H and O–H groups in total. The topological polar surface area (TPSA) is 47.3 Å². The highest BCUT2D eigenvalue weighted by molar-refractivity contribution is 7.80. The number of nitrogens with one attached hydrogen (secondary N) is 1. The van der Waals surface area contributed by atoms with Crippen molar-refractivity contribution in [2.75, 3.05) is 12.4 Å². The first-order chi connectivity index (χ1) is 9.81. The first-order valence-electron chi connectivity index (χ1n) is 6.61. The van der Waals surface area contributed by atoms with Gasteiger partial charge in [0.15, 0.2) is 0 Å². The number of halogens is 3. The van der Waals surface area contributed by atoms with Gasteiger partial charge in [0.05, 0.1) is 11.7 Å². The third-order valence-corrected chi connectivity index (χ3v) is 3.90. The Hall–Kier alpha value is -1.34. The summed E-state index contributed by atoms with van der Waals surface area (Å²) in [4.78, 5) is -0.255. The number of nitrogens with two attached hydrogens (primary N) is 1.